The molecule has 2 unspecified atom stereocenters. The first-order valence-electron chi connectivity index (χ1n) is 8.33. The van der Waals surface area contributed by atoms with E-state index in [0.717, 1.165) is 6.42 Å². The molecule has 0 saturated heterocycles. The van der Waals surface area contributed by atoms with Crippen molar-refractivity contribution in [2.24, 2.45) is 11.8 Å². The Morgan fingerprint density at radius 2 is 1.42 bits per heavy atom. The van der Waals surface area contributed by atoms with Crippen LogP contribution in [0.5, 0.6) is 0 Å². The van der Waals surface area contributed by atoms with Crippen LogP contribution >= 0.6 is 0 Å². The van der Waals surface area contributed by atoms with Crippen LogP contribution in [0.2, 0.25) is 0 Å². The number of unbranched alkanes of at least 4 members (excludes halogenated alkanes) is 6. The molecule has 0 aliphatic rings. The lowest BCUT2D eigenvalue weighted by Gasteiger charge is -2.22. The molecule has 0 aromatic heterocycles. The van der Waals surface area contributed by atoms with Gasteiger partial charge in [-0.1, -0.05) is 78.6 Å². The second-order valence-electron chi connectivity index (χ2n) is 6.03. The molecule has 2 atom stereocenters. The predicted molar refractivity (Wildman–Crippen MR) is 82.4 cm³/mol. The van der Waals surface area contributed by atoms with Crippen molar-refractivity contribution in [1.82, 2.24) is 0 Å². The van der Waals surface area contributed by atoms with Gasteiger partial charge in [0.05, 0.1) is 0 Å². The van der Waals surface area contributed by atoms with Crippen LogP contribution in [0.15, 0.2) is 0 Å². The van der Waals surface area contributed by atoms with Crippen molar-refractivity contribution in [3.8, 4) is 0 Å². The first-order valence-corrected chi connectivity index (χ1v) is 8.33. The highest BCUT2D eigenvalue weighted by Gasteiger charge is 2.19. The van der Waals surface area contributed by atoms with E-state index < -0.39 is 5.97 Å². The van der Waals surface area contributed by atoms with Gasteiger partial charge in [0.2, 0.25) is 0 Å². The summed E-state index contributed by atoms with van der Waals surface area (Å²) in [4.78, 5) is 11.0. The molecular weight excluding hydrogens is 236 g/mol. The van der Waals surface area contributed by atoms with Crippen molar-refractivity contribution in [2.45, 2.75) is 91.4 Å². The van der Waals surface area contributed by atoms with Gasteiger partial charge in [0.15, 0.2) is 0 Å². The fraction of sp³-hybridized carbons (Fsp3) is 0.941. The molecule has 0 fully saturated rings. The van der Waals surface area contributed by atoms with Gasteiger partial charge in [-0.25, -0.2) is 0 Å². The molecule has 0 rings (SSSR count). The lowest BCUT2D eigenvalue weighted by atomic mass is 9.83. The molecule has 1 N–H and O–H groups in total. The molecule has 0 spiro atoms. The zero-order valence-corrected chi connectivity index (χ0v) is 13.3. The molecule has 0 aromatic rings. The normalized spacial score (nSPS) is 14.3. The highest BCUT2D eigenvalue weighted by atomic mass is 16.4. The van der Waals surface area contributed by atoms with Gasteiger partial charge in [-0.3, -0.25) is 4.79 Å². The zero-order valence-electron chi connectivity index (χ0n) is 13.3. The second kappa shape index (κ2) is 12.5. The first kappa shape index (κ1) is 18.5. The summed E-state index contributed by atoms with van der Waals surface area (Å²) in [5.41, 5.74) is 0. The fourth-order valence-electron chi connectivity index (χ4n) is 2.77. The van der Waals surface area contributed by atoms with Crippen molar-refractivity contribution in [1.29, 1.82) is 0 Å². The summed E-state index contributed by atoms with van der Waals surface area (Å²) < 4.78 is 0. The number of hydrogen-bond donors (Lipinski definition) is 1. The van der Waals surface area contributed by atoms with Gasteiger partial charge < -0.3 is 5.11 Å². The van der Waals surface area contributed by atoms with Crippen LogP contribution in [0.3, 0.4) is 0 Å². The van der Waals surface area contributed by atoms with Crippen molar-refractivity contribution in [3.05, 3.63) is 0 Å². The Kier molecular flexibility index (Phi) is 12.2. The Morgan fingerprint density at radius 1 is 0.895 bits per heavy atom. The van der Waals surface area contributed by atoms with Crippen LogP contribution in [-0.2, 0) is 4.79 Å². The van der Waals surface area contributed by atoms with E-state index >= 15 is 0 Å². The van der Waals surface area contributed by atoms with Crippen molar-refractivity contribution in [3.63, 3.8) is 0 Å². The van der Waals surface area contributed by atoms with E-state index in [4.69, 9.17) is 5.11 Å². The molecule has 19 heavy (non-hydrogen) atoms. The third kappa shape index (κ3) is 11.0. The number of carbonyl (C=O) groups is 1. The Bertz CT molecular complexity index is 213. The van der Waals surface area contributed by atoms with Crippen molar-refractivity contribution >= 4 is 5.97 Å². The number of carboxylic acid groups (broad SMARTS) is 1. The standard InChI is InChI=1S/C17H34O2/c1-4-6-8-10-12-15(3)16(14-17(18)19)13-11-9-7-5-2/h15-16H,4-14H2,1-3H3,(H,18,19). The van der Waals surface area contributed by atoms with E-state index in [2.05, 4.69) is 20.8 Å². The summed E-state index contributed by atoms with van der Waals surface area (Å²) in [5.74, 6) is 0.325. The Labute approximate surface area is 120 Å². The van der Waals surface area contributed by atoms with Gasteiger partial charge in [-0.2, -0.15) is 0 Å². The molecule has 2 nitrogen and oxygen atoms in total. The molecule has 0 radical (unpaired) electrons. The highest BCUT2D eigenvalue weighted by Crippen LogP contribution is 2.27. The molecule has 0 heterocycles. The minimum absolute atomic E-state index is 0.362. The predicted octanol–water partition coefficient (Wildman–Crippen LogP) is 5.65. The summed E-state index contributed by atoms with van der Waals surface area (Å²) in [7, 11) is 0. The van der Waals surface area contributed by atoms with Crippen LogP contribution in [0.25, 0.3) is 0 Å². The summed E-state index contributed by atoms with van der Waals surface area (Å²) in [6, 6.07) is 0. The maximum absolute atomic E-state index is 11.0. The lowest BCUT2D eigenvalue weighted by molar-refractivity contribution is -0.138. The highest BCUT2D eigenvalue weighted by molar-refractivity contribution is 5.67. The molecule has 0 aliphatic heterocycles. The van der Waals surface area contributed by atoms with Crippen LogP contribution in [0.1, 0.15) is 91.4 Å². The molecule has 114 valence electrons. The Balaban J connectivity index is 3.96. The largest absolute Gasteiger partial charge is 0.481 e. The van der Waals surface area contributed by atoms with Gasteiger partial charge in [-0.05, 0) is 18.3 Å². The van der Waals surface area contributed by atoms with E-state index in [1.807, 2.05) is 0 Å². The lowest BCUT2D eigenvalue weighted by Crippen LogP contribution is -2.16. The Morgan fingerprint density at radius 3 is 1.89 bits per heavy atom. The molecular formula is C17H34O2. The summed E-state index contributed by atoms with van der Waals surface area (Å²) >= 11 is 0. The molecule has 2 heteroatoms. The third-order valence-electron chi connectivity index (χ3n) is 4.18. The molecule has 0 saturated carbocycles. The van der Waals surface area contributed by atoms with Gasteiger partial charge in [-0.15, -0.1) is 0 Å². The number of carboxylic acids is 1. The maximum atomic E-state index is 11.0. The van der Waals surface area contributed by atoms with Gasteiger partial charge in [0.1, 0.15) is 0 Å². The van der Waals surface area contributed by atoms with Crippen LogP contribution in [0.4, 0.5) is 0 Å². The fourth-order valence-corrected chi connectivity index (χ4v) is 2.77. The monoisotopic (exact) mass is 270 g/mol. The number of aliphatic carboxylic acids is 1. The van der Waals surface area contributed by atoms with E-state index in [0.29, 0.717) is 18.3 Å². The average Bonchev–Trinajstić information content (AvgIpc) is 2.37. The topological polar surface area (TPSA) is 37.3 Å². The van der Waals surface area contributed by atoms with Gasteiger partial charge in [0.25, 0.3) is 0 Å². The van der Waals surface area contributed by atoms with Crippen molar-refractivity contribution in [2.75, 3.05) is 0 Å². The van der Waals surface area contributed by atoms with Gasteiger partial charge in [0, 0.05) is 6.42 Å². The number of rotatable bonds is 13. The third-order valence-corrected chi connectivity index (χ3v) is 4.18. The van der Waals surface area contributed by atoms with Crippen LogP contribution < -0.4 is 0 Å². The van der Waals surface area contributed by atoms with E-state index in [1.54, 1.807) is 0 Å². The molecule has 0 aliphatic carbocycles. The SMILES string of the molecule is CCCCCCC(C)C(CCCCCC)CC(=O)O. The van der Waals surface area contributed by atoms with E-state index in [1.165, 1.54) is 57.8 Å². The second-order valence-corrected chi connectivity index (χ2v) is 6.03. The van der Waals surface area contributed by atoms with Crippen LogP contribution in [-0.4, -0.2) is 11.1 Å². The molecule has 0 aromatic carbocycles. The summed E-state index contributed by atoms with van der Waals surface area (Å²) in [6.45, 7) is 6.69. The minimum atomic E-state index is -0.624. The van der Waals surface area contributed by atoms with E-state index in [-0.39, 0.29) is 0 Å². The minimum Gasteiger partial charge on any atom is -0.481 e. The number of hydrogen-bond acceptors (Lipinski definition) is 1. The Hall–Kier alpha value is -0.530. The van der Waals surface area contributed by atoms with Crippen molar-refractivity contribution < 1.29 is 9.90 Å². The smallest absolute Gasteiger partial charge is 0.303 e. The van der Waals surface area contributed by atoms with Crippen LogP contribution in [0, 0.1) is 11.8 Å². The quantitative estimate of drug-likeness (QED) is 0.439. The zero-order chi connectivity index (χ0) is 14.5. The van der Waals surface area contributed by atoms with E-state index in [9.17, 15) is 4.79 Å². The van der Waals surface area contributed by atoms with Gasteiger partial charge >= 0.3 is 5.97 Å². The summed E-state index contributed by atoms with van der Waals surface area (Å²) in [6.07, 6.45) is 12.8. The maximum Gasteiger partial charge on any atom is 0.303 e. The molecule has 0 bridgehead atoms. The molecule has 0 amide bonds. The average molecular weight is 270 g/mol. The summed E-state index contributed by atoms with van der Waals surface area (Å²) in [5, 5.41) is 9.05. The first-order chi connectivity index (χ1) is 9.11.